The molecular weight excluding hydrogens is 752 g/mol. The fourth-order valence-electron chi connectivity index (χ4n) is 7.29. The van der Waals surface area contributed by atoms with Crippen LogP contribution in [0.5, 0.6) is 0 Å². The van der Waals surface area contributed by atoms with Crippen LogP contribution >= 0.6 is 0 Å². The van der Waals surface area contributed by atoms with Crippen LogP contribution in [0.2, 0.25) is 0 Å². The van der Waals surface area contributed by atoms with E-state index in [0.717, 1.165) is 28.8 Å². The number of amides is 5. The van der Waals surface area contributed by atoms with Gasteiger partial charge in [-0.1, -0.05) is 35.5 Å². The molecule has 0 aliphatic carbocycles. The second-order valence-corrected chi connectivity index (χ2v) is 14.5. The molecule has 17 nitrogen and oxygen atoms in total. The molecule has 4 heterocycles. The summed E-state index contributed by atoms with van der Waals surface area (Å²) in [5.74, 6) is -2.24. The highest BCUT2D eigenvalue weighted by atomic mass is 19.1. The van der Waals surface area contributed by atoms with Gasteiger partial charge in [-0.25, -0.2) is 9.07 Å². The van der Waals surface area contributed by atoms with E-state index in [4.69, 9.17) is 9.47 Å². The standard InChI is InChI=1S/C40H49FN10O7/c1-43-12-14-58-16-15-57-13-9-36(52)44-10-11-45-38(54)27-7-5-26(6-8-27)35-25-50(48-47-35)22-29-4-2-3-28-21-49(24-33(28)29)37(53)18-30-17-34(46-39(30)55)40(56)51-23-31(41)19-32(51)20-42/h2-8,25,30-32,34,43H,9-19,21-24H2,1H3,(H,44,52)(H,45,54)(H,46,55)/t30-,31-,32-,34-/m0/s1. The molecular formula is C40H49FN10O7. The number of carbonyl (C=O) groups excluding carboxylic acids is 5. The summed E-state index contributed by atoms with van der Waals surface area (Å²) in [6.07, 6.45) is 0.748. The number of alkyl halides is 1. The Morgan fingerprint density at radius 3 is 2.53 bits per heavy atom. The van der Waals surface area contributed by atoms with Crippen LogP contribution in [0, 0.1) is 17.2 Å². The molecule has 58 heavy (non-hydrogen) atoms. The maximum absolute atomic E-state index is 13.9. The monoisotopic (exact) mass is 800 g/mol. The van der Waals surface area contributed by atoms with Crippen molar-refractivity contribution in [2.75, 3.05) is 59.7 Å². The molecule has 4 N–H and O–H groups in total. The lowest BCUT2D eigenvalue weighted by Crippen LogP contribution is -2.46. The number of fused-ring (bicyclic) bond motifs is 1. The molecule has 3 aromatic rings. The Bertz CT molecular complexity index is 1990. The molecule has 2 fully saturated rings. The molecule has 3 aliphatic rings. The Hall–Kier alpha value is -5.77. The minimum Gasteiger partial charge on any atom is -0.379 e. The van der Waals surface area contributed by atoms with Crippen LogP contribution in [0.4, 0.5) is 4.39 Å². The van der Waals surface area contributed by atoms with E-state index in [-0.39, 0.29) is 63.0 Å². The van der Waals surface area contributed by atoms with E-state index in [1.807, 2.05) is 37.5 Å². The maximum atomic E-state index is 13.9. The fraction of sp³-hybridized carbons (Fsp3) is 0.500. The lowest BCUT2D eigenvalue weighted by molar-refractivity contribution is -0.135. The number of nitrogens with zero attached hydrogens (tertiary/aromatic N) is 6. The Morgan fingerprint density at radius 1 is 0.983 bits per heavy atom. The quantitative estimate of drug-likeness (QED) is 0.124. The Morgan fingerprint density at radius 2 is 1.76 bits per heavy atom. The highest BCUT2D eigenvalue weighted by Crippen LogP contribution is 2.30. The molecule has 308 valence electrons. The van der Waals surface area contributed by atoms with Crippen LogP contribution in [-0.2, 0) is 48.3 Å². The highest BCUT2D eigenvalue weighted by molar-refractivity contribution is 5.95. The largest absolute Gasteiger partial charge is 0.379 e. The molecule has 3 aliphatic heterocycles. The van der Waals surface area contributed by atoms with Crippen molar-refractivity contribution in [3.8, 4) is 17.3 Å². The van der Waals surface area contributed by atoms with E-state index in [0.29, 0.717) is 57.3 Å². The minimum atomic E-state index is -1.28. The van der Waals surface area contributed by atoms with Crippen LogP contribution in [0.15, 0.2) is 48.7 Å². The van der Waals surface area contributed by atoms with E-state index in [1.54, 1.807) is 33.8 Å². The molecule has 2 saturated heterocycles. The van der Waals surface area contributed by atoms with Crippen LogP contribution in [0.3, 0.4) is 0 Å². The van der Waals surface area contributed by atoms with Crippen molar-refractivity contribution in [3.63, 3.8) is 0 Å². The number of benzene rings is 2. The zero-order chi connectivity index (χ0) is 41.0. The number of hydrogen-bond donors (Lipinski definition) is 4. The van der Waals surface area contributed by atoms with Crippen molar-refractivity contribution in [2.24, 2.45) is 5.92 Å². The summed E-state index contributed by atoms with van der Waals surface area (Å²) >= 11 is 0. The summed E-state index contributed by atoms with van der Waals surface area (Å²) in [6.45, 7) is 4.08. The molecule has 0 spiro atoms. The maximum Gasteiger partial charge on any atom is 0.251 e. The molecule has 1 aromatic heterocycles. The van der Waals surface area contributed by atoms with Crippen LogP contribution in [-0.4, -0.2) is 132 Å². The molecule has 2 aromatic carbocycles. The first-order valence-electron chi connectivity index (χ1n) is 19.5. The molecule has 0 unspecified atom stereocenters. The number of ether oxygens (including phenoxy) is 2. The predicted molar refractivity (Wildman–Crippen MR) is 206 cm³/mol. The number of aromatic nitrogens is 3. The first-order chi connectivity index (χ1) is 28.1. The van der Waals surface area contributed by atoms with E-state index < -0.39 is 36.0 Å². The normalized spacial score (nSPS) is 19.8. The highest BCUT2D eigenvalue weighted by Gasteiger charge is 2.44. The Labute approximate surface area is 335 Å². The number of carbonyl (C=O) groups is 5. The van der Waals surface area contributed by atoms with Gasteiger partial charge in [0.05, 0.1) is 51.8 Å². The second kappa shape index (κ2) is 20.1. The average Bonchev–Trinajstić information content (AvgIpc) is 4.04. The zero-order valence-corrected chi connectivity index (χ0v) is 32.5. The van der Waals surface area contributed by atoms with Gasteiger partial charge in [-0.2, -0.15) is 5.26 Å². The first kappa shape index (κ1) is 41.9. The van der Waals surface area contributed by atoms with E-state index in [1.165, 1.54) is 4.90 Å². The number of likely N-dealkylation sites (N-methyl/N-ethyl adjacent to an activating group) is 1. The number of nitriles is 1. The average molecular weight is 801 g/mol. The van der Waals surface area contributed by atoms with Gasteiger partial charge in [0.1, 0.15) is 23.9 Å². The smallest absolute Gasteiger partial charge is 0.251 e. The number of hydrogen-bond acceptors (Lipinski definition) is 11. The van der Waals surface area contributed by atoms with Gasteiger partial charge in [0.25, 0.3) is 5.91 Å². The number of nitrogens with one attached hydrogen (secondary N) is 4. The summed E-state index contributed by atoms with van der Waals surface area (Å²) in [5.41, 5.74) is 4.81. The van der Waals surface area contributed by atoms with Crippen molar-refractivity contribution in [1.29, 1.82) is 5.26 Å². The molecule has 6 rings (SSSR count). The Kier molecular flexibility index (Phi) is 14.5. The van der Waals surface area contributed by atoms with E-state index in [9.17, 15) is 33.6 Å². The van der Waals surface area contributed by atoms with Crippen LogP contribution in [0.1, 0.15) is 52.7 Å². The summed E-state index contributed by atoms with van der Waals surface area (Å²) < 4.78 is 26.4. The predicted octanol–water partition coefficient (Wildman–Crippen LogP) is 0.682. The third kappa shape index (κ3) is 10.8. The van der Waals surface area contributed by atoms with Gasteiger partial charge in [0.15, 0.2) is 0 Å². The fourth-order valence-corrected chi connectivity index (χ4v) is 7.29. The summed E-state index contributed by atoms with van der Waals surface area (Å²) in [5, 5.41) is 29.2. The van der Waals surface area contributed by atoms with Crippen molar-refractivity contribution >= 4 is 29.5 Å². The number of rotatable bonds is 19. The van der Waals surface area contributed by atoms with Gasteiger partial charge < -0.3 is 40.5 Å². The molecule has 0 bridgehead atoms. The third-order valence-electron chi connectivity index (χ3n) is 10.4. The number of halogens is 1. The molecule has 0 radical (unpaired) electrons. The van der Waals surface area contributed by atoms with Gasteiger partial charge in [-0.05, 0) is 42.3 Å². The van der Waals surface area contributed by atoms with Gasteiger partial charge in [0.2, 0.25) is 23.6 Å². The second-order valence-electron chi connectivity index (χ2n) is 14.5. The van der Waals surface area contributed by atoms with Crippen molar-refractivity contribution in [1.82, 2.24) is 46.1 Å². The molecule has 4 atom stereocenters. The van der Waals surface area contributed by atoms with Crippen LogP contribution in [0.25, 0.3) is 11.3 Å². The summed E-state index contributed by atoms with van der Waals surface area (Å²) in [7, 11) is 1.85. The Balaban J connectivity index is 0.930. The number of likely N-dealkylation sites (tertiary alicyclic amines) is 1. The van der Waals surface area contributed by atoms with Gasteiger partial charge in [-0.3, -0.25) is 24.0 Å². The van der Waals surface area contributed by atoms with E-state index >= 15 is 0 Å². The van der Waals surface area contributed by atoms with Crippen molar-refractivity contribution in [3.05, 3.63) is 70.9 Å². The van der Waals surface area contributed by atoms with Gasteiger partial charge in [-0.15, -0.1) is 5.10 Å². The van der Waals surface area contributed by atoms with Gasteiger partial charge in [0, 0.05) is 69.0 Å². The lowest BCUT2D eigenvalue weighted by atomic mass is 9.99. The van der Waals surface area contributed by atoms with Gasteiger partial charge >= 0.3 is 0 Å². The molecule has 5 amide bonds. The molecule has 0 saturated carbocycles. The third-order valence-corrected chi connectivity index (χ3v) is 10.4. The lowest BCUT2D eigenvalue weighted by Gasteiger charge is -2.22. The summed E-state index contributed by atoms with van der Waals surface area (Å²) in [4.78, 5) is 66.8. The summed E-state index contributed by atoms with van der Waals surface area (Å²) in [6, 6.07) is 13.0. The van der Waals surface area contributed by atoms with Crippen molar-refractivity contribution in [2.45, 2.75) is 63.6 Å². The molecule has 18 heteroatoms. The topological polar surface area (TPSA) is 213 Å². The SMILES string of the molecule is CNCCOCCOCCC(=O)NCCNC(=O)c1ccc(-c2cn(Cc3cccc4c3CN(C(=O)C[C@@H]3C[C@@H](C(=O)N5C[C@@H](F)C[C@H]5C#N)NC3=O)C4)nn2)cc1. The van der Waals surface area contributed by atoms with Crippen molar-refractivity contribution < 1.29 is 37.8 Å². The zero-order valence-electron chi connectivity index (χ0n) is 32.5. The first-order valence-corrected chi connectivity index (χ1v) is 19.5. The van der Waals surface area contributed by atoms with Crippen LogP contribution < -0.4 is 21.3 Å². The van der Waals surface area contributed by atoms with E-state index in [2.05, 4.69) is 31.6 Å². The minimum absolute atomic E-state index is 0.0462.